The van der Waals surface area contributed by atoms with E-state index in [0.29, 0.717) is 18.9 Å². The fourth-order valence-corrected chi connectivity index (χ4v) is 2.26. The number of ether oxygens (including phenoxy) is 1. The SMILES string of the molecule is CC(C)CCCOC(C)CC(C)(NC(C)C)C(=O)O. The monoisotopic (exact) mass is 273 g/mol. The fraction of sp³-hybridized carbons (Fsp3) is 0.933. The van der Waals surface area contributed by atoms with Crippen LogP contribution >= 0.6 is 0 Å². The smallest absolute Gasteiger partial charge is 0.323 e. The van der Waals surface area contributed by atoms with Crippen LogP contribution in [0.1, 0.15) is 60.8 Å². The number of carbonyl (C=O) groups is 1. The highest BCUT2D eigenvalue weighted by atomic mass is 16.5. The molecule has 0 bridgehead atoms. The van der Waals surface area contributed by atoms with E-state index in [2.05, 4.69) is 19.2 Å². The molecule has 0 radical (unpaired) electrons. The van der Waals surface area contributed by atoms with Gasteiger partial charge in [0.1, 0.15) is 5.54 Å². The minimum atomic E-state index is -0.925. The Kier molecular flexibility index (Phi) is 8.26. The van der Waals surface area contributed by atoms with Gasteiger partial charge in [0.15, 0.2) is 0 Å². The fourth-order valence-electron chi connectivity index (χ4n) is 2.26. The average molecular weight is 273 g/mol. The van der Waals surface area contributed by atoms with Crippen molar-refractivity contribution < 1.29 is 14.6 Å². The Morgan fingerprint density at radius 1 is 1.26 bits per heavy atom. The zero-order valence-electron chi connectivity index (χ0n) is 13.3. The van der Waals surface area contributed by atoms with Crippen molar-refractivity contribution in [3.05, 3.63) is 0 Å². The zero-order chi connectivity index (χ0) is 15.1. The highest BCUT2D eigenvalue weighted by Crippen LogP contribution is 2.17. The molecule has 4 heteroatoms. The third-order valence-electron chi connectivity index (χ3n) is 3.10. The number of hydrogen-bond acceptors (Lipinski definition) is 3. The molecule has 0 aliphatic carbocycles. The lowest BCUT2D eigenvalue weighted by Gasteiger charge is -2.31. The Morgan fingerprint density at radius 2 is 1.84 bits per heavy atom. The van der Waals surface area contributed by atoms with Gasteiger partial charge in [-0.3, -0.25) is 10.1 Å². The van der Waals surface area contributed by atoms with Gasteiger partial charge in [-0.15, -0.1) is 0 Å². The lowest BCUT2D eigenvalue weighted by molar-refractivity contribution is -0.146. The van der Waals surface area contributed by atoms with Crippen molar-refractivity contribution in [3.8, 4) is 0 Å². The maximum Gasteiger partial charge on any atom is 0.323 e. The van der Waals surface area contributed by atoms with Crippen LogP contribution in [-0.4, -0.2) is 35.4 Å². The molecule has 19 heavy (non-hydrogen) atoms. The Bertz CT molecular complexity index is 266. The van der Waals surface area contributed by atoms with E-state index in [1.165, 1.54) is 0 Å². The summed E-state index contributed by atoms with van der Waals surface area (Å²) in [6, 6.07) is 0.134. The van der Waals surface area contributed by atoms with E-state index in [1.54, 1.807) is 6.92 Å². The van der Waals surface area contributed by atoms with Gasteiger partial charge < -0.3 is 9.84 Å². The van der Waals surface area contributed by atoms with Crippen LogP contribution in [0.15, 0.2) is 0 Å². The maximum absolute atomic E-state index is 11.4. The van der Waals surface area contributed by atoms with E-state index < -0.39 is 11.5 Å². The third kappa shape index (κ3) is 8.22. The number of carboxylic acids is 1. The summed E-state index contributed by atoms with van der Waals surface area (Å²) in [6.45, 7) is 12.7. The Labute approximate surface area is 117 Å². The number of aliphatic carboxylic acids is 1. The third-order valence-corrected chi connectivity index (χ3v) is 3.10. The van der Waals surface area contributed by atoms with Crippen molar-refractivity contribution in [1.82, 2.24) is 5.32 Å². The quantitative estimate of drug-likeness (QED) is 0.601. The van der Waals surface area contributed by atoms with Crippen molar-refractivity contribution in [2.45, 2.75) is 78.5 Å². The van der Waals surface area contributed by atoms with Gasteiger partial charge in [-0.25, -0.2) is 0 Å². The molecule has 0 fully saturated rings. The highest BCUT2D eigenvalue weighted by Gasteiger charge is 2.35. The molecule has 0 aliphatic rings. The highest BCUT2D eigenvalue weighted by molar-refractivity contribution is 5.78. The summed E-state index contributed by atoms with van der Waals surface area (Å²) in [5, 5.41) is 12.5. The van der Waals surface area contributed by atoms with Crippen molar-refractivity contribution in [3.63, 3.8) is 0 Å². The molecule has 4 nitrogen and oxygen atoms in total. The van der Waals surface area contributed by atoms with Crippen molar-refractivity contribution in [1.29, 1.82) is 0 Å². The van der Waals surface area contributed by atoms with Gasteiger partial charge >= 0.3 is 5.97 Å². The Balaban J connectivity index is 4.17. The minimum Gasteiger partial charge on any atom is -0.480 e. The summed E-state index contributed by atoms with van der Waals surface area (Å²) in [5.41, 5.74) is -0.925. The van der Waals surface area contributed by atoms with Gasteiger partial charge in [-0.1, -0.05) is 13.8 Å². The molecule has 0 aromatic heterocycles. The first-order chi connectivity index (χ1) is 8.67. The average Bonchev–Trinajstić information content (AvgIpc) is 2.22. The van der Waals surface area contributed by atoms with E-state index in [1.807, 2.05) is 20.8 Å². The molecule has 0 saturated carbocycles. The molecule has 0 heterocycles. The van der Waals surface area contributed by atoms with E-state index in [9.17, 15) is 9.90 Å². The summed E-state index contributed by atoms with van der Waals surface area (Å²) in [6.07, 6.45) is 2.60. The molecule has 0 spiro atoms. The number of rotatable bonds is 10. The van der Waals surface area contributed by atoms with Crippen LogP contribution in [0.25, 0.3) is 0 Å². The predicted octanol–water partition coefficient (Wildman–Crippen LogP) is 3.06. The van der Waals surface area contributed by atoms with Crippen LogP contribution in [0.4, 0.5) is 0 Å². The molecular formula is C15H31NO3. The molecule has 2 N–H and O–H groups in total. The first kappa shape index (κ1) is 18.4. The van der Waals surface area contributed by atoms with E-state index in [4.69, 9.17) is 4.74 Å². The first-order valence-corrected chi connectivity index (χ1v) is 7.30. The standard InChI is InChI=1S/C15H31NO3/c1-11(2)8-7-9-19-13(5)10-15(6,14(17)18)16-12(3)4/h11-13,16H,7-10H2,1-6H3,(H,17,18). The summed E-state index contributed by atoms with van der Waals surface area (Å²) in [7, 11) is 0. The summed E-state index contributed by atoms with van der Waals surface area (Å²) < 4.78 is 5.72. The predicted molar refractivity (Wildman–Crippen MR) is 78.4 cm³/mol. The lowest BCUT2D eigenvalue weighted by Crippen LogP contribution is -2.54. The van der Waals surface area contributed by atoms with Crippen molar-refractivity contribution in [2.24, 2.45) is 5.92 Å². The van der Waals surface area contributed by atoms with Gasteiger partial charge in [0.25, 0.3) is 0 Å². The van der Waals surface area contributed by atoms with E-state index >= 15 is 0 Å². The van der Waals surface area contributed by atoms with Crippen LogP contribution in [0.3, 0.4) is 0 Å². The van der Waals surface area contributed by atoms with Gasteiger partial charge in [-0.2, -0.15) is 0 Å². The molecule has 114 valence electrons. The Hall–Kier alpha value is -0.610. The minimum absolute atomic E-state index is 0.0560. The summed E-state index contributed by atoms with van der Waals surface area (Å²) in [4.78, 5) is 11.4. The van der Waals surface area contributed by atoms with Crippen LogP contribution in [0, 0.1) is 5.92 Å². The van der Waals surface area contributed by atoms with Crippen LogP contribution < -0.4 is 5.32 Å². The van der Waals surface area contributed by atoms with Gasteiger partial charge in [0.05, 0.1) is 6.10 Å². The molecule has 0 aliphatic heterocycles. The molecule has 0 saturated heterocycles. The molecular weight excluding hydrogens is 242 g/mol. The Morgan fingerprint density at radius 3 is 2.26 bits per heavy atom. The van der Waals surface area contributed by atoms with Gasteiger partial charge in [0, 0.05) is 19.1 Å². The number of nitrogens with one attached hydrogen (secondary N) is 1. The van der Waals surface area contributed by atoms with Crippen LogP contribution in [0.2, 0.25) is 0 Å². The van der Waals surface area contributed by atoms with E-state index in [-0.39, 0.29) is 12.1 Å². The molecule has 0 aromatic rings. The zero-order valence-corrected chi connectivity index (χ0v) is 13.3. The number of carboxylic acid groups (broad SMARTS) is 1. The lowest BCUT2D eigenvalue weighted by atomic mass is 9.94. The maximum atomic E-state index is 11.4. The second kappa shape index (κ2) is 8.54. The van der Waals surface area contributed by atoms with Crippen molar-refractivity contribution in [2.75, 3.05) is 6.61 Å². The molecule has 2 unspecified atom stereocenters. The summed E-state index contributed by atoms with van der Waals surface area (Å²) >= 11 is 0. The van der Waals surface area contributed by atoms with Crippen molar-refractivity contribution >= 4 is 5.97 Å². The largest absolute Gasteiger partial charge is 0.480 e. The summed E-state index contributed by atoms with van der Waals surface area (Å²) in [5.74, 6) is -0.135. The number of hydrogen-bond donors (Lipinski definition) is 2. The topological polar surface area (TPSA) is 58.6 Å². The second-order valence-corrected chi connectivity index (χ2v) is 6.36. The molecule has 2 atom stereocenters. The second-order valence-electron chi connectivity index (χ2n) is 6.36. The molecule has 0 aromatic carbocycles. The van der Waals surface area contributed by atoms with E-state index in [0.717, 1.165) is 12.8 Å². The molecule has 0 rings (SSSR count). The van der Waals surface area contributed by atoms with Gasteiger partial charge in [-0.05, 0) is 46.5 Å². The van der Waals surface area contributed by atoms with Gasteiger partial charge in [0.2, 0.25) is 0 Å². The van der Waals surface area contributed by atoms with Crippen LogP contribution in [0.5, 0.6) is 0 Å². The van der Waals surface area contributed by atoms with Crippen LogP contribution in [-0.2, 0) is 9.53 Å². The normalized spacial score (nSPS) is 16.6. The molecule has 0 amide bonds. The first-order valence-electron chi connectivity index (χ1n) is 7.30.